The predicted octanol–water partition coefficient (Wildman–Crippen LogP) is 7.69. The molecule has 6 rings (SSSR count). The van der Waals surface area contributed by atoms with Crippen LogP contribution in [-0.4, -0.2) is 51.8 Å². The summed E-state index contributed by atoms with van der Waals surface area (Å²) in [7, 11) is 0. The van der Waals surface area contributed by atoms with E-state index in [0.29, 0.717) is 43.4 Å². The molecule has 5 nitrogen and oxygen atoms in total. The highest BCUT2D eigenvalue weighted by Crippen LogP contribution is 2.30. The Morgan fingerprint density at radius 3 is 1.89 bits per heavy atom. The standard InChI is InChI=1S/C36H34ClFN4OS/c37-31-15-11-27(12-16-31)23-40(24-28-13-17-32(38)18-14-28)25-34-39-33(26-44-34)36(43)42-21-19-41(20-22-42)35(29-7-3-1-4-8-29)30-9-5-2-6-10-30/h1-18,26,35H,19-25H2. The molecule has 1 saturated heterocycles. The molecule has 0 radical (unpaired) electrons. The molecule has 4 aromatic carbocycles. The lowest BCUT2D eigenvalue weighted by atomic mass is 9.96. The van der Waals surface area contributed by atoms with E-state index in [9.17, 15) is 9.18 Å². The molecule has 0 bridgehead atoms. The molecule has 5 aromatic rings. The van der Waals surface area contributed by atoms with Gasteiger partial charge in [0.25, 0.3) is 5.91 Å². The zero-order chi connectivity index (χ0) is 30.3. The average Bonchev–Trinajstić information content (AvgIpc) is 3.53. The number of halogens is 2. The Kier molecular flexibility index (Phi) is 9.78. The number of aromatic nitrogens is 1. The number of hydrogen-bond donors (Lipinski definition) is 0. The first-order valence-electron chi connectivity index (χ1n) is 14.8. The molecule has 44 heavy (non-hydrogen) atoms. The van der Waals surface area contributed by atoms with Gasteiger partial charge in [-0.05, 0) is 46.5 Å². The highest BCUT2D eigenvalue weighted by Gasteiger charge is 2.29. The normalized spacial score (nSPS) is 14.0. The molecule has 0 spiro atoms. The van der Waals surface area contributed by atoms with E-state index < -0.39 is 0 Å². The number of thiazole rings is 1. The fourth-order valence-electron chi connectivity index (χ4n) is 5.77. The van der Waals surface area contributed by atoms with Gasteiger partial charge >= 0.3 is 0 Å². The quantitative estimate of drug-likeness (QED) is 0.160. The fraction of sp³-hybridized carbons (Fsp3) is 0.222. The van der Waals surface area contributed by atoms with Gasteiger partial charge in [0, 0.05) is 49.7 Å². The lowest BCUT2D eigenvalue weighted by molar-refractivity contribution is 0.0592. The molecule has 1 aromatic heterocycles. The van der Waals surface area contributed by atoms with Gasteiger partial charge in [0.2, 0.25) is 0 Å². The zero-order valence-corrected chi connectivity index (χ0v) is 25.9. The van der Waals surface area contributed by atoms with Crippen molar-refractivity contribution in [1.29, 1.82) is 0 Å². The summed E-state index contributed by atoms with van der Waals surface area (Å²) in [5, 5.41) is 3.44. The Morgan fingerprint density at radius 1 is 0.773 bits per heavy atom. The molecule has 1 aliphatic heterocycles. The van der Waals surface area contributed by atoms with Gasteiger partial charge in [0.15, 0.2) is 0 Å². The first kappa shape index (κ1) is 30.2. The van der Waals surface area contributed by atoms with Crippen molar-refractivity contribution in [2.45, 2.75) is 25.7 Å². The number of benzene rings is 4. The molecule has 0 N–H and O–H groups in total. The number of nitrogens with zero attached hydrogens (tertiary/aromatic N) is 4. The van der Waals surface area contributed by atoms with Crippen LogP contribution in [0.3, 0.4) is 0 Å². The van der Waals surface area contributed by atoms with Crippen LogP contribution in [0.2, 0.25) is 5.02 Å². The number of carbonyl (C=O) groups is 1. The minimum absolute atomic E-state index is 0.0223. The fourth-order valence-corrected chi connectivity index (χ4v) is 6.70. The van der Waals surface area contributed by atoms with Crippen LogP contribution in [0.4, 0.5) is 4.39 Å². The molecule has 8 heteroatoms. The maximum atomic E-state index is 13.6. The van der Waals surface area contributed by atoms with Gasteiger partial charge in [0.1, 0.15) is 16.5 Å². The van der Waals surface area contributed by atoms with Gasteiger partial charge in [-0.2, -0.15) is 0 Å². The molecule has 0 atom stereocenters. The first-order chi connectivity index (χ1) is 21.5. The van der Waals surface area contributed by atoms with Crippen molar-refractivity contribution in [2.75, 3.05) is 26.2 Å². The summed E-state index contributed by atoms with van der Waals surface area (Å²) in [6.45, 7) is 4.72. The van der Waals surface area contributed by atoms with Crippen LogP contribution in [0.25, 0.3) is 0 Å². The number of amides is 1. The van der Waals surface area contributed by atoms with Gasteiger partial charge < -0.3 is 4.90 Å². The lowest BCUT2D eigenvalue weighted by Crippen LogP contribution is -2.50. The van der Waals surface area contributed by atoms with E-state index in [2.05, 4.69) is 58.3 Å². The van der Waals surface area contributed by atoms with Crippen molar-refractivity contribution in [3.05, 3.63) is 158 Å². The molecular formula is C36H34ClFN4OS. The molecule has 1 amide bonds. The highest BCUT2D eigenvalue weighted by molar-refractivity contribution is 7.09. The Labute approximate surface area is 267 Å². The molecular weight excluding hydrogens is 591 g/mol. The number of rotatable bonds is 10. The Hall–Kier alpha value is -3.88. The van der Waals surface area contributed by atoms with Crippen LogP contribution < -0.4 is 0 Å². The van der Waals surface area contributed by atoms with Crippen LogP contribution in [0, 0.1) is 5.82 Å². The van der Waals surface area contributed by atoms with E-state index >= 15 is 0 Å². The molecule has 1 fully saturated rings. The third-order valence-electron chi connectivity index (χ3n) is 7.97. The van der Waals surface area contributed by atoms with Crippen molar-refractivity contribution in [3.8, 4) is 0 Å². The largest absolute Gasteiger partial charge is 0.335 e. The molecule has 0 unspecified atom stereocenters. The molecule has 224 valence electrons. The maximum Gasteiger partial charge on any atom is 0.273 e. The van der Waals surface area contributed by atoms with E-state index in [0.717, 1.165) is 29.2 Å². The SMILES string of the molecule is O=C(c1csc(CN(Cc2ccc(F)cc2)Cc2ccc(Cl)cc2)n1)N1CCN(C(c2ccccc2)c2ccccc2)CC1. The summed E-state index contributed by atoms with van der Waals surface area (Å²) in [6.07, 6.45) is 0. The van der Waals surface area contributed by atoms with Crippen LogP contribution in [0.5, 0.6) is 0 Å². The monoisotopic (exact) mass is 624 g/mol. The second-order valence-electron chi connectivity index (χ2n) is 11.1. The summed E-state index contributed by atoms with van der Waals surface area (Å²) in [4.78, 5) is 25.0. The molecule has 2 heterocycles. The third-order valence-corrected chi connectivity index (χ3v) is 9.05. The highest BCUT2D eigenvalue weighted by atomic mass is 35.5. The lowest BCUT2D eigenvalue weighted by Gasteiger charge is -2.39. The topological polar surface area (TPSA) is 39.7 Å². The summed E-state index contributed by atoms with van der Waals surface area (Å²) < 4.78 is 13.5. The van der Waals surface area contributed by atoms with Crippen LogP contribution >= 0.6 is 22.9 Å². The Balaban J connectivity index is 1.12. The van der Waals surface area contributed by atoms with E-state index in [1.54, 1.807) is 12.1 Å². The summed E-state index contributed by atoms with van der Waals surface area (Å²) in [6, 6.07) is 35.7. The van der Waals surface area contributed by atoms with E-state index in [-0.39, 0.29) is 17.8 Å². The smallest absolute Gasteiger partial charge is 0.273 e. The second-order valence-corrected chi connectivity index (χ2v) is 12.5. The molecule has 0 saturated carbocycles. The number of hydrogen-bond acceptors (Lipinski definition) is 5. The minimum atomic E-state index is -0.252. The van der Waals surface area contributed by atoms with Crippen molar-refractivity contribution >= 4 is 28.8 Å². The maximum absolute atomic E-state index is 13.6. The van der Waals surface area contributed by atoms with Crippen molar-refractivity contribution < 1.29 is 9.18 Å². The molecule has 1 aliphatic rings. The molecule has 0 aliphatic carbocycles. The van der Waals surface area contributed by atoms with Crippen molar-refractivity contribution in [1.82, 2.24) is 19.7 Å². The van der Waals surface area contributed by atoms with Gasteiger partial charge in [-0.15, -0.1) is 11.3 Å². The number of carbonyl (C=O) groups excluding carboxylic acids is 1. The Morgan fingerprint density at radius 2 is 1.32 bits per heavy atom. The summed E-state index contributed by atoms with van der Waals surface area (Å²) in [5.74, 6) is -0.275. The predicted molar refractivity (Wildman–Crippen MR) is 175 cm³/mol. The van der Waals surface area contributed by atoms with Crippen molar-refractivity contribution in [3.63, 3.8) is 0 Å². The van der Waals surface area contributed by atoms with Crippen LogP contribution in [0.15, 0.2) is 115 Å². The van der Waals surface area contributed by atoms with E-state index in [1.807, 2.05) is 46.7 Å². The van der Waals surface area contributed by atoms with Gasteiger partial charge in [0.05, 0.1) is 12.6 Å². The van der Waals surface area contributed by atoms with Gasteiger partial charge in [-0.1, -0.05) is 96.5 Å². The zero-order valence-electron chi connectivity index (χ0n) is 24.4. The number of piperazine rings is 1. The second kappa shape index (κ2) is 14.3. The first-order valence-corrected chi connectivity index (χ1v) is 16.1. The average molecular weight is 625 g/mol. The Bertz CT molecular complexity index is 1550. The van der Waals surface area contributed by atoms with Crippen LogP contribution in [0.1, 0.15) is 43.8 Å². The van der Waals surface area contributed by atoms with Crippen LogP contribution in [-0.2, 0) is 19.6 Å². The summed E-state index contributed by atoms with van der Waals surface area (Å²) in [5.41, 5.74) is 5.13. The van der Waals surface area contributed by atoms with Crippen molar-refractivity contribution in [2.24, 2.45) is 0 Å². The minimum Gasteiger partial charge on any atom is -0.335 e. The van der Waals surface area contributed by atoms with Gasteiger partial charge in [-0.25, -0.2) is 9.37 Å². The van der Waals surface area contributed by atoms with E-state index in [1.165, 1.54) is 34.6 Å². The van der Waals surface area contributed by atoms with E-state index in [4.69, 9.17) is 16.6 Å². The third kappa shape index (κ3) is 7.60. The van der Waals surface area contributed by atoms with Gasteiger partial charge in [-0.3, -0.25) is 14.6 Å². The summed E-state index contributed by atoms with van der Waals surface area (Å²) >= 11 is 7.61.